The summed E-state index contributed by atoms with van der Waals surface area (Å²) in [6.07, 6.45) is 1.17. The Hall–Kier alpha value is -0.750. The molecule has 2 fully saturated rings. The molecule has 0 aromatic heterocycles. The van der Waals surface area contributed by atoms with Crippen LogP contribution in [0, 0.1) is 5.92 Å². The minimum atomic E-state index is -0.735. The number of nitrogens with one attached hydrogen (secondary N) is 1. The van der Waals surface area contributed by atoms with Crippen molar-refractivity contribution in [2.24, 2.45) is 5.92 Å². The van der Waals surface area contributed by atoms with Gasteiger partial charge in [-0.2, -0.15) is 0 Å². The van der Waals surface area contributed by atoms with Gasteiger partial charge in [-0.3, -0.25) is 14.9 Å². The standard InChI is InChI=1S/C10H16N2O3S/c13-9(8-5-16-6-11-8)12-3-1-7(2-4-12)10(14)15/h7-8,11H,1-6H2,(H,14,15). The SMILES string of the molecule is O=C(O)C1CCN(C(=O)C2CSCN2)CC1. The van der Waals surface area contributed by atoms with E-state index in [1.807, 2.05) is 0 Å². The second-order valence-corrected chi connectivity index (χ2v) is 5.24. The molecule has 2 heterocycles. The van der Waals surface area contributed by atoms with Crippen LogP contribution in [0.5, 0.6) is 0 Å². The number of nitrogens with zero attached hydrogens (tertiary/aromatic N) is 1. The fourth-order valence-corrected chi connectivity index (χ4v) is 3.05. The number of aliphatic carboxylic acids is 1. The number of carbonyl (C=O) groups excluding carboxylic acids is 1. The maximum Gasteiger partial charge on any atom is 0.306 e. The van der Waals surface area contributed by atoms with Crippen molar-refractivity contribution in [1.82, 2.24) is 10.2 Å². The number of amides is 1. The maximum absolute atomic E-state index is 12.0. The molecule has 1 amide bonds. The normalized spacial score (nSPS) is 27.0. The lowest BCUT2D eigenvalue weighted by Gasteiger charge is -2.31. The highest BCUT2D eigenvalue weighted by molar-refractivity contribution is 7.99. The predicted molar refractivity (Wildman–Crippen MR) is 61.2 cm³/mol. The molecule has 0 spiro atoms. The topological polar surface area (TPSA) is 69.6 Å². The first-order valence-electron chi connectivity index (χ1n) is 5.51. The molecule has 1 unspecified atom stereocenters. The zero-order valence-corrected chi connectivity index (χ0v) is 9.83. The van der Waals surface area contributed by atoms with E-state index >= 15 is 0 Å². The highest BCUT2D eigenvalue weighted by Gasteiger charge is 2.31. The number of thioether (sulfide) groups is 1. The second-order valence-electron chi connectivity index (χ2n) is 4.21. The number of hydrogen-bond donors (Lipinski definition) is 2. The van der Waals surface area contributed by atoms with Gasteiger partial charge in [-0.15, -0.1) is 11.8 Å². The Balaban J connectivity index is 1.84. The molecule has 16 heavy (non-hydrogen) atoms. The van der Waals surface area contributed by atoms with Crippen molar-refractivity contribution in [3.05, 3.63) is 0 Å². The minimum Gasteiger partial charge on any atom is -0.481 e. The van der Waals surface area contributed by atoms with E-state index in [0.717, 1.165) is 11.6 Å². The van der Waals surface area contributed by atoms with Crippen molar-refractivity contribution in [3.8, 4) is 0 Å². The molecule has 90 valence electrons. The molecule has 5 nitrogen and oxygen atoms in total. The van der Waals surface area contributed by atoms with Gasteiger partial charge < -0.3 is 10.0 Å². The van der Waals surface area contributed by atoms with Crippen LogP contribution >= 0.6 is 11.8 Å². The third-order valence-corrected chi connectivity index (χ3v) is 4.11. The van der Waals surface area contributed by atoms with E-state index in [1.54, 1.807) is 16.7 Å². The van der Waals surface area contributed by atoms with Crippen molar-refractivity contribution >= 4 is 23.6 Å². The van der Waals surface area contributed by atoms with Crippen LogP contribution in [0.3, 0.4) is 0 Å². The van der Waals surface area contributed by atoms with E-state index < -0.39 is 5.97 Å². The number of carboxylic acids is 1. The smallest absolute Gasteiger partial charge is 0.306 e. The fraction of sp³-hybridized carbons (Fsp3) is 0.800. The van der Waals surface area contributed by atoms with E-state index in [4.69, 9.17) is 5.11 Å². The fourth-order valence-electron chi connectivity index (χ4n) is 2.12. The Morgan fingerprint density at radius 1 is 1.31 bits per heavy atom. The average Bonchev–Trinajstić information content (AvgIpc) is 2.81. The number of piperidine rings is 1. The summed E-state index contributed by atoms with van der Waals surface area (Å²) in [6, 6.07) is -0.0635. The molecule has 0 radical (unpaired) electrons. The highest BCUT2D eigenvalue weighted by Crippen LogP contribution is 2.19. The van der Waals surface area contributed by atoms with Crippen molar-refractivity contribution in [2.45, 2.75) is 18.9 Å². The highest BCUT2D eigenvalue weighted by atomic mass is 32.2. The van der Waals surface area contributed by atoms with E-state index in [9.17, 15) is 9.59 Å². The number of carboxylic acid groups (broad SMARTS) is 1. The van der Waals surface area contributed by atoms with Gasteiger partial charge in [0.15, 0.2) is 0 Å². The first-order valence-corrected chi connectivity index (χ1v) is 6.66. The zero-order chi connectivity index (χ0) is 11.5. The van der Waals surface area contributed by atoms with E-state index in [0.29, 0.717) is 25.9 Å². The van der Waals surface area contributed by atoms with E-state index in [-0.39, 0.29) is 17.9 Å². The molecule has 2 saturated heterocycles. The van der Waals surface area contributed by atoms with Gasteiger partial charge in [0.25, 0.3) is 0 Å². The summed E-state index contributed by atoms with van der Waals surface area (Å²) >= 11 is 1.73. The lowest BCUT2D eigenvalue weighted by Crippen LogP contribution is -2.48. The molecule has 0 saturated carbocycles. The lowest BCUT2D eigenvalue weighted by atomic mass is 9.97. The zero-order valence-electron chi connectivity index (χ0n) is 9.02. The van der Waals surface area contributed by atoms with Crippen LogP contribution in [0.2, 0.25) is 0 Å². The number of likely N-dealkylation sites (tertiary alicyclic amines) is 1. The Morgan fingerprint density at radius 3 is 2.50 bits per heavy atom. The third kappa shape index (κ3) is 2.49. The Morgan fingerprint density at radius 2 is 2.00 bits per heavy atom. The Bertz CT molecular complexity index is 284. The summed E-state index contributed by atoms with van der Waals surface area (Å²) in [4.78, 5) is 24.5. The summed E-state index contributed by atoms with van der Waals surface area (Å²) in [7, 11) is 0. The number of rotatable bonds is 2. The van der Waals surface area contributed by atoms with Crippen LogP contribution in [0.1, 0.15) is 12.8 Å². The summed E-state index contributed by atoms with van der Waals surface area (Å²) in [5, 5.41) is 12.0. The largest absolute Gasteiger partial charge is 0.481 e. The molecular weight excluding hydrogens is 228 g/mol. The van der Waals surface area contributed by atoms with Crippen LogP contribution in [-0.2, 0) is 9.59 Å². The summed E-state index contributed by atoms with van der Waals surface area (Å²) < 4.78 is 0. The van der Waals surface area contributed by atoms with Crippen molar-refractivity contribution in [2.75, 3.05) is 24.7 Å². The van der Waals surface area contributed by atoms with Gasteiger partial charge in [0, 0.05) is 24.7 Å². The van der Waals surface area contributed by atoms with Gasteiger partial charge >= 0.3 is 5.97 Å². The van der Waals surface area contributed by atoms with Crippen LogP contribution in [0.25, 0.3) is 0 Å². The lowest BCUT2D eigenvalue weighted by molar-refractivity contribution is -0.146. The van der Waals surface area contributed by atoms with Gasteiger partial charge in [0.05, 0.1) is 12.0 Å². The van der Waals surface area contributed by atoms with Crippen molar-refractivity contribution < 1.29 is 14.7 Å². The number of hydrogen-bond acceptors (Lipinski definition) is 4. The van der Waals surface area contributed by atoms with Gasteiger partial charge in [-0.1, -0.05) is 0 Å². The monoisotopic (exact) mass is 244 g/mol. The number of carbonyl (C=O) groups is 2. The van der Waals surface area contributed by atoms with Gasteiger partial charge in [-0.25, -0.2) is 0 Å². The predicted octanol–water partition coefficient (Wildman–Crippen LogP) is -0.0279. The summed E-state index contributed by atoms with van der Waals surface area (Å²) in [6.45, 7) is 1.16. The van der Waals surface area contributed by atoms with Crippen LogP contribution in [0.4, 0.5) is 0 Å². The van der Waals surface area contributed by atoms with Crippen molar-refractivity contribution in [1.29, 1.82) is 0 Å². The van der Waals surface area contributed by atoms with Crippen LogP contribution in [0.15, 0.2) is 0 Å². The molecule has 2 aliphatic rings. The second kappa shape index (κ2) is 5.05. The molecule has 0 aliphatic carbocycles. The van der Waals surface area contributed by atoms with Crippen LogP contribution in [-0.4, -0.2) is 52.6 Å². The molecule has 0 aromatic rings. The van der Waals surface area contributed by atoms with Crippen molar-refractivity contribution in [3.63, 3.8) is 0 Å². The maximum atomic E-state index is 12.0. The molecule has 1 atom stereocenters. The Labute approximate surface area is 98.6 Å². The average molecular weight is 244 g/mol. The molecule has 2 N–H and O–H groups in total. The molecule has 2 aliphatic heterocycles. The van der Waals surface area contributed by atoms with E-state index in [2.05, 4.69) is 5.32 Å². The molecule has 0 aromatic carbocycles. The Kier molecular flexibility index (Phi) is 3.70. The molecule has 6 heteroatoms. The molecule has 0 bridgehead atoms. The van der Waals surface area contributed by atoms with Crippen LogP contribution < -0.4 is 5.32 Å². The van der Waals surface area contributed by atoms with Gasteiger partial charge in [0.1, 0.15) is 0 Å². The van der Waals surface area contributed by atoms with Gasteiger partial charge in [0.2, 0.25) is 5.91 Å². The first-order chi connectivity index (χ1) is 7.68. The van der Waals surface area contributed by atoms with E-state index in [1.165, 1.54) is 0 Å². The van der Waals surface area contributed by atoms with Gasteiger partial charge in [-0.05, 0) is 12.8 Å². The summed E-state index contributed by atoms with van der Waals surface area (Å²) in [5.41, 5.74) is 0. The third-order valence-electron chi connectivity index (χ3n) is 3.17. The quantitative estimate of drug-likeness (QED) is 0.714. The molecule has 2 rings (SSSR count). The minimum absolute atomic E-state index is 0.0635. The molecular formula is C10H16N2O3S. The first kappa shape index (κ1) is 11.7. The summed E-state index contributed by atoms with van der Waals surface area (Å²) in [5.74, 6) is 0.796.